The number of aliphatic hydroxyl groups excluding tert-OH is 2. The van der Waals surface area contributed by atoms with Crippen molar-refractivity contribution in [3.8, 4) is 0 Å². The Kier molecular flexibility index (Phi) is 21.0. The Labute approximate surface area is 387 Å². The number of methoxy groups -OCH3 is 3. The van der Waals surface area contributed by atoms with Gasteiger partial charge in [0.2, 0.25) is 5.79 Å². The van der Waals surface area contributed by atoms with Crippen molar-refractivity contribution in [2.75, 3.05) is 27.9 Å². The number of Topliss-reactive ketones (excluding diaryl/α,β-unsaturated/α-hetero) is 3. The third-order valence-corrected chi connectivity index (χ3v) is 14.5. The van der Waals surface area contributed by atoms with Crippen molar-refractivity contribution in [2.45, 2.75) is 180 Å². The highest BCUT2D eigenvalue weighted by atomic mass is 16.6. The molecule has 2 bridgehead atoms. The molecular weight excluding hydrogens is 835 g/mol. The fraction of sp³-hybridized carbons (Fsp3) is 0.745. The number of carbonyl (C=O) groups is 5. The minimum atomic E-state index is -2.43. The van der Waals surface area contributed by atoms with Crippen LogP contribution in [0.25, 0.3) is 0 Å². The number of cyclic esters (lactones) is 1. The second-order valence-corrected chi connectivity index (χ2v) is 19.6. The summed E-state index contributed by atoms with van der Waals surface area (Å²) in [7, 11) is 4.52. The van der Waals surface area contributed by atoms with Crippen LogP contribution < -0.4 is 0 Å². The number of hydrogen-bond donors (Lipinski definition) is 3. The van der Waals surface area contributed by atoms with Crippen LogP contribution in [0, 0.1) is 35.5 Å². The number of ketones is 3. The Bertz CT molecular complexity index is 1760. The molecule has 2 saturated heterocycles. The lowest BCUT2D eigenvalue weighted by atomic mass is 9.78. The average molecular weight is 914 g/mol. The molecular formula is C51H79NO13. The molecule has 65 heavy (non-hydrogen) atoms. The molecule has 0 aromatic heterocycles. The van der Waals surface area contributed by atoms with Crippen LogP contribution in [0.1, 0.15) is 126 Å². The number of amides is 1. The zero-order chi connectivity index (χ0) is 48.2. The van der Waals surface area contributed by atoms with Gasteiger partial charge in [0.25, 0.3) is 11.7 Å². The molecule has 2 unspecified atom stereocenters. The van der Waals surface area contributed by atoms with Crippen molar-refractivity contribution in [3.05, 3.63) is 47.6 Å². The molecule has 1 saturated carbocycles. The van der Waals surface area contributed by atoms with Crippen LogP contribution in [-0.2, 0) is 47.7 Å². The number of rotatable bonds is 6. The lowest BCUT2D eigenvalue weighted by Gasteiger charge is -2.42. The average Bonchev–Trinajstić information content (AvgIpc) is 3.28. The van der Waals surface area contributed by atoms with Gasteiger partial charge in [0.05, 0.1) is 24.4 Å². The van der Waals surface area contributed by atoms with Crippen LogP contribution in [0.3, 0.4) is 0 Å². The molecule has 4 rings (SSSR count). The number of fused-ring (bicyclic) bond motifs is 3. The molecule has 0 aromatic carbocycles. The van der Waals surface area contributed by atoms with E-state index in [1.54, 1.807) is 41.1 Å². The van der Waals surface area contributed by atoms with Crippen molar-refractivity contribution < 1.29 is 63.0 Å². The summed E-state index contributed by atoms with van der Waals surface area (Å²) >= 11 is 0. The molecule has 3 aliphatic heterocycles. The summed E-state index contributed by atoms with van der Waals surface area (Å²) in [6, 6.07) is -1.14. The predicted octanol–water partition coefficient (Wildman–Crippen LogP) is 6.18. The third-order valence-electron chi connectivity index (χ3n) is 14.5. The highest BCUT2D eigenvalue weighted by Crippen LogP contribution is 2.38. The van der Waals surface area contributed by atoms with Crippen molar-refractivity contribution >= 4 is 29.2 Å². The number of carbonyl (C=O) groups excluding carboxylic acids is 5. The second-order valence-electron chi connectivity index (χ2n) is 19.6. The fourth-order valence-corrected chi connectivity index (χ4v) is 10.1. The van der Waals surface area contributed by atoms with Crippen LogP contribution in [-0.4, -0.2) is 132 Å². The minimum Gasteiger partial charge on any atom is -0.460 e. The Morgan fingerprint density at radius 3 is 2.25 bits per heavy atom. The molecule has 3 N–H and O–H groups in total. The first-order valence-electron chi connectivity index (χ1n) is 23.9. The van der Waals surface area contributed by atoms with Crippen LogP contribution in [0.5, 0.6) is 0 Å². The summed E-state index contributed by atoms with van der Waals surface area (Å²) in [6.07, 6.45) is 11.2. The van der Waals surface area contributed by atoms with Gasteiger partial charge in [-0.05, 0) is 107 Å². The van der Waals surface area contributed by atoms with Gasteiger partial charge in [-0.1, -0.05) is 71.1 Å². The van der Waals surface area contributed by atoms with Crippen LogP contribution in [0.2, 0.25) is 0 Å². The lowest BCUT2D eigenvalue weighted by Crippen LogP contribution is -2.61. The van der Waals surface area contributed by atoms with Gasteiger partial charge in [0.1, 0.15) is 30.1 Å². The van der Waals surface area contributed by atoms with Gasteiger partial charge in [-0.2, -0.15) is 0 Å². The predicted molar refractivity (Wildman–Crippen MR) is 245 cm³/mol. The molecule has 0 spiro atoms. The molecule has 3 fully saturated rings. The second kappa shape index (κ2) is 25.1. The minimum absolute atomic E-state index is 0.0193. The zero-order valence-corrected chi connectivity index (χ0v) is 40.6. The number of piperidine rings is 1. The van der Waals surface area contributed by atoms with Gasteiger partial charge in [0.15, 0.2) is 5.78 Å². The van der Waals surface area contributed by atoms with Gasteiger partial charge in [0, 0.05) is 58.5 Å². The fourth-order valence-electron chi connectivity index (χ4n) is 10.1. The Morgan fingerprint density at radius 2 is 1.57 bits per heavy atom. The van der Waals surface area contributed by atoms with Crippen molar-refractivity contribution in [1.82, 2.24) is 4.90 Å². The topological polar surface area (TPSA) is 195 Å². The summed E-state index contributed by atoms with van der Waals surface area (Å²) in [6.45, 7) is 12.7. The Balaban J connectivity index is 1.70. The number of nitrogens with zero attached hydrogens (tertiary/aromatic N) is 1. The van der Waals surface area contributed by atoms with E-state index in [0.717, 1.165) is 12.0 Å². The summed E-state index contributed by atoms with van der Waals surface area (Å²) in [5.74, 6) is -7.96. The first-order chi connectivity index (χ1) is 30.7. The van der Waals surface area contributed by atoms with Gasteiger partial charge < -0.3 is 43.9 Å². The van der Waals surface area contributed by atoms with Crippen molar-refractivity contribution in [1.29, 1.82) is 0 Å². The van der Waals surface area contributed by atoms with E-state index in [4.69, 9.17) is 23.7 Å². The Morgan fingerprint density at radius 1 is 0.846 bits per heavy atom. The molecule has 4 aliphatic rings. The normalized spacial score (nSPS) is 40.4. The first-order valence-corrected chi connectivity index (χ1v) is 23.9. The molecule has 1 amide bonds. The van der Waals surface area contributed by atoms with Crippen molar-refractivity contribution in [2.24, 2.45) is 35.5 Å². The largest absolute Gasteiger partial charge is 0.460 e. The van der Waals surface area contributed by atoms with E-state index in [9.17, 15) is 39.3 Å². The highest BCUT2D eigenvalue weighted by molar-refractivity contribution is 6.39. The van der Waals surface area contributed by atoms with E-state index in [2.05, 4.69) is 0 Å². The molecule has 14 nitrogen and oxygen atoms in total. The molecule has 15 atom stereocenters. The van der Waals surface area contributed by atoms with Gasteiger partial charge >= 0.3 is 5.97 Å². The molecule has 366 valence electrons. The summed E-state index contributed by atoms with van der Waals surface area (Å²) < 4.78 is 29.4. The first kappa shape index (κ1) is 54.2. The number of ether oxygens (including phenoxy) is 5. The lowest BCUT2D eigenvalue weighted by molar-refractivity contribution is -0.265. The maximum Gasteiger partial charge on any atom is 0.329 e. The number of hydrogen-bond acceptors (Lipinski definition) is 13. The maximum atomic E-state index is 14.4. The van der Waals surface area contributed by atoms with E-state index >= 15 is 0 Å². The van der Waals surface area contributed by atoms with Crippen LogP contribution in [0.4, 0.5) is 0 Å². The zero-order valence-electron chi connectivity index (χ0n) is 40.6. The third kappa shape index (κ3) is 14.3. The highest BCUT2D eigenvalue weighted by Gasteiger charge is 2.53. The van der Waals surface area contributed by atoms with Gasteiger partial charge in [-0.3, -0.25) is 19.2 Å². The summed E-state index contributed by atoms with van der Waals surface area (Å²) in [5.41, 5.74) is 1.27. The van der Waals surface area contributed by atoms with Gasteiger partial charge in [-0.25, -0.2) is 4.79 Å². The maximum absolute atomic E-state index is 14.4. The van der Waals surface area contributed by atoms with E-state index < -0.39 is 83.9 Å². The smallest absolute Gasteiger partial charge is 0.329 e. The van der Waals surface area contributed by atoms with E-state index in [-0.39, 0.29) is 54.8 Å². The number of allylic oxidation sites excluding steroid dienone is 6. The van der Waals surface area contributed by atoms with E-state index in [1.165, 1.54) is 12.0 Å². The number of esters is 1. The Hall–Kier alpha value is -3.37. The molecule has 0 radical (unpaired) electrons. The standard InChI is InChI=1S/C51H79NO13/c1-30-16-12-11-13-17-31(2)42(61-8)28-38-21-19-36(7)51(60,65-38)48(57)49(58)52-23-15-14-18-39(52)50(59)64-43(33(4)26-37-20-22-40(53)44(27-37)62-9)29-41(54)32(3)25-35(6)46(56)47(63-10)45(55)34(5)24-30/h11-13,16-17,25,30,32-34,36-40,42-44,46-47,53,56,60H,14-15,18-24,26-29H2,1-10H3/b13-11+,16-12+,31-17+,35-25+/t30-,32-,33-,34-,36-,37+,38+,39?,40-,42?,43+,44-,46-,47+,51-/m1/s1. The van der Waals surface area contributed by atoms with Gasteiger partial charge in [-0.15, -0.1) is 0 Å². The molecule has 14 heteroatoms. The molecule has 0 aromatic rings. The number of aliphatic hydroxyl groups is 3. The van der Waals surface area contributed by atoms with E-state index in [0.29, 0.717) is 63.4 Å². The van der Waals surface area contributed by atoms with E-state index in [1.807, 2.05) is 58.1 Å². The SMILES string of the molecule is COC1C[C@@H]2CC[C@@H](C)[C@@](O)(O2)C(=O)C(=O)N2CCCCC2C(=O)O[C@H]([C@H](C)C[C@@H]2CC[C@@H](O)[C@H](OC)C2)CC(=O)[C@H](C)/C=C(\C)[C@@H](O)[C@@H](OC)C(=O)[C@H](C)C[C@H](C)/C=C/C=C/C=C/1C. The quantitative estimate of drug-likeness (QED) is 0.156. The molecule has 3 heterocycles. The molecule has 1 aliphatic carbocycles. The van der Waals surface area contributed by atoms with Crippen molar-refractivity contribution in [3.63, 3.8) is 0 Å². The van der Waals surface area contributed by atoms with Crippen LogP contribution in [0.15, 0.2) is 47.6 Å². The monoisotopic (exact) mass is 914 g/mol. The summed E-state index contributed by atoms with van der Waals surface area (Å²) in [4.78, 5) is 71.8. The van der Waals surface area contributed by atoms with Crippen LogP contribution >= 0.6 is 0 Å². The summed E-state index contributed by atoms with van der Waals surface area (Å²) in [5, 5.41) is 33.8.